The predicted octanol–water partition coefficient (Wildman–Crippen LogP) is 5.63. The van der Waals surface area contributed by atoms with Gasteiger partial charge in [-0.05, 0) is 61.4 Å². The number of nitrogens with one attached hydrogen (secondary N) is 2. The fourth-order valence-corrected chi connectivity index (χ4v) is 4.26. The highest BCUT2D eigenvalue weighted by molar-refractivity contribution is 5.99. The minimum atomic E-state index is -4.44. The van der Waals surface area contributed by atoms with E-state index in [0.717, 1.165) is 23.4 Å². The highest BCUT2D eigenvalue weighted by atomic mass is 19.4. The van der Waals surface area contributed by atoms with Crippen molar-refractivity contribution in [1.82, 2.24) is 10.2 Å². The van der Waals surface area contributed by atoms with Gasteiger partial charge in [-0.3, -0.25) is 9.59 Å². The normalized spacial score (nSPS) is 15.0. The maximum Gasteiger partial charge on any atom is 0.416 e. The molecule has 1 atom stereocenters. The third-order valence-corrected chi connectivity index (χ3v) is 6.11. The van der Waals surface area contributed by atoms with E-state index in [1.165, 1.54) is 12.1 Å². The van der Waals surface area contributed by atoms with Gasteiger partial charge in [0, 0.05) is 48.7 Å². The van der Waals surface area contributed by atoms with E-state index in [-0.39, 0.29) is 18.6 Å². The molecule has 3 aromatic carbocycles. The Morgan fingerprint density at radius 3 is 2.51 bits per heavy atom. The van der Waals surface area contributed by atoms with E-state index in [1.54, 1.807) is 29.2 Å². The fourth-order valence-electron chi connectivity index (χ4n) is 4.26. The van der Waals surface area contributed by atoms with Gasteiger partial charge in [-0.1, -0.05) is 30.3 Å². The van der Waals surface area contributed by atoms with Crippen molar-refractivity contribution in [1.29, 1.82) is 0 Å². The van der Waals surface area contributed by atoms with Crippen molar-refractivity contribution in [2.24, 2.45) is 0 Å². The van der Waals surface area contributed by atoms with Crippen molar-refractivity contribution < 1.29 is 27.5 Å². The van der Waals surface area contributed by atoms with Gasteiger partial charge in [-0.15, -0.1) is 0 Å². The standard InChI is InChI=1S/C28H28F3N3O3/c1-2-37-16-6-15-34-25(23-9-3-4-10-24(23)27(34)36)33-22-13-11-20(12-14-22)26(35)32-18-19-7-5-8-21(17-19)28(29,30)31/h3-5,7-14,17,25,33H,2,6,15-16,18H2,1H3,(H,32,35). The molecule has 6 nitrogen and oxygen atoms in total. The summed E-state index contributed by atoms with van der Waals surface area (Å²) in [7, 11) is 0. The number of alkyl halides is 3. The molecule has 1 aliphatic rings. The van der Waals surface area contributed by atoms with Crippen LogP contribution in [-0.4, -0.2) is 36.5 Å². The second kappa shape index (κ2) is 11.5. The average Bonchev–Trinajstić information content (AvgIpc) is 3.16. The lowest BCUT2D eigenvalue weighted by molar-refractivity contribution is -0.137. The number of carbonyl (C=O) groups is 2. The zero-order valence-corrected chi connectivity index (χ0v) is 20.3. The molecule has 194 valence electrons. The smallest absolute Gasteiger partial charge is 0.382 e. The molecule has 0 aromatic heterocycles. The third-order valence-electron chi connectivity index (χ3n) is 6.11. The van der Waals surface area contributed by atoms with Crippen molar-refractivity contribution >= 4 is 17.5 Å². The summed E-state index contributed by atoms with van der Waals surface area (Å²) >= 11 is 0. The van der Waals surface area contributed by atoms with Gasteiger partial charge in [-0.2, -0.15) is 13.2 Å². The number of amides is 2. The van der Waals surface area contributed by atoms with Crippen LogP contribution in [0.2, 0.25) is 0 Å². The van der Waals surface area contributed by atoms with Crippen LogP contribution in [0, 0.1) is 0 Å². The molecule has 0 aliphatic carbocycles. The maximum absolute atomic E-state index is 13.0. The third kappa shape index (κ3) is 6.29. The van der Waals surface area contributed by atoms with Crippen LogP contribution >= 0.6 is 0 Å². The van der Waals surface area contributed by atoms with Crippen LogP contribution in [0.4, 0.5) is 18.9 Å². The summed E-state index contributed by atoms with van der Waals surface area (Å²) in [4.78, 5) is 27.3. The summed E-state index contributed by atoms with van der Waals surface area (Å²) in [5.74, 6) is -0.446. The second-order valence-corrected chi connectivity index (χ2v) is 8.64. The Morgan fingerprint density at radius 2 is 1.78 bits per heavy atom. The number of carbonyl (C=O) groups excluding carboxylic acids is 2. The van der Waals surface area contributed by atoms with Crippen LogP contribution in [0.15, 0.2) is 72.8 Å². The van der Waals surface area contributed by atoms with E-state index in [0.29, 0.717) is 42.9 Å². The first-order valence-corrected chi connectivity index (χ1v) is 12.1. The van der Waals surface area contributed by atoms with E-state index in [9.17, 15) is 22.8 Å². The molecule has 2 amide bonds. The van der Waals surface area contributed by atoms with Gasteiger partial charge < -0.3 is 20.3 Å². The summed E-state index contributed by atoms with van der Waals surface area (Å²) in [6.45, 7) is 3.61. The van der Waals surface area contributed by atoms with Crippen LogP contribution in [0.5, 0.6) is 0 Å². The summed E-state index contributed by atoms with van der Waals surface area (Å²) in [5, 5.41) is 6.04. The molecule has 1 aliphatic heterocycles. The van der Waals surface area contributed by atoms with Crippen molar-refractivity contribution in [3.05, 3.63) is 101 Å². The van der Waals surface area contributed by atoms with Crippen LogP contribution in [0.3, 0.4) is 0 Å². The average molecular weight is 512 g/mol. The Kier molecular flexibility index (Phi) is 8.13. The maximum atomic E-state index is 13.0. The number of nitrogens with zero attached hydrogens (tertiary/aromatic N) is 1. The Hall–Kier alpha value is -3.85. The largest absolute Gasteiger partial charge is 0.416 e. The van der Waals surface area contributed by atoms with Crippen LogP contribution in [-0.2, 0) is 17.5 Å². The van der Waals surface area contributed by atoms with Crippen molar-refractivity contribution in [3.63, 3.8) is 0 Å². The quantitative estimate of drug-likeness (QED) is 0.346. The van der Waals surface area contributed by atoms with Gasteiger partial charge in [0.05, 0.1) is 5.56 Å². The number of halogens is 3. The molecule has 0 saturated heterocycles. The molecule has 0 bridgehead atoms. The number of benzene rings is 3. The lowest BCUT2D eigenvalue weighted by Crippen LogP contribution is -2.33. The molecule has 3 aromatic rings. The lowest BCUT2D eigenvalue weighted by Gasteiger charge is -2.27. The summed E-state index contributed by atoms with van der Waals surface area (Å²) in [6.07, 6.45) is -4.09. The Bertz CT molecular complexity index is 1250. The molecular formula is C28H28F3N3O3. The first kappa shape index (κ1) is 26.2. The van der Waals surface area contributed by atoms with E-state index >= 15 is 0 Å². The molecule has 0 saturated carbocycles. The molecule has 1 heterocycles. The van der Waals surface area contributed by atoms with Crippen molar-refractivity contribution in [2.75, 3.05) is 25.1 Å². The summed E-state index contributed by atoms with van der Waals surface area (Å²) < 4.78 is 44.2. The highest BCUT2D eigenvalue weighted by Crippen LogP contribution is 2.34. The first-order valence-electron chi connectivity index (χ1n) is 12.1. The van der Waals surface area contributed by atoms with E-state index in [4.69, 9.17) is 4.74 Å². The Labute approximate surface area is 213 Å². The van der Waals surface area contributed by atoms with Gasteiger partial charge in [0.1, 0.15) is 6.17 Å². The number of rotatable bonds is 10. The number of ether oxygens (including phenoxy) is 1. The van der Waals surface area contributed by atoms with E-state index in [1.807, 2.05) is 31.2 Å². The van der Waals surface area contributed by atoms with Crippen LogP contribution in [0.25, 0.3) is 0 Å². The fraction of sp³-hybridized carbons (Fsp3) is 0.286. The topological polar surface area (TPSA) is 70.7 Å². The monoisotopic (exact) mass is 511 g/mol. The first-order chi connectivity index (χ1) is 17.8. The van der Waals surface area contributed by atoms with Gasteiger partial charge in [0.2, 0.25) is 0 Å². The molecule has 9 heteroatoms. The van der Waals surface area contributed by atoms with Crippen molar-refractivity contribution in [3.8, 4) is 0 Å². The molecule has 1 unspecified atom stereocenters. The Balaban J connectivity index is 1.41. The molecule has 37 heavy (non-hydrogen) atoms. The van der Waals surface area contributed by atoms with Gasteiger partial charge in [0.25, 0.3) is 11.8 Å². The minimum absolute atomic E-state index is 0.0274. The summed E-state index contributed by atoms with van der Waals surface area (Å²) in [6, 6.07) is 19.1. The number of hydrogen-bond donors (Lipinski definition) is 2. The zero-order valence-electron chi connectivity index (χ0n) is 20.3. The molecule has 0 spiro atoms. The lowest BCUT2D eigenvalue weighted by atomic mass is 10.1. The van der Waals surface area contributed by atoms with Crippen LogP contribution in [0.1, 0.15) is 56.9 Å². The number of fused-ring (bicyclic) bond motifs is 1. The van der Waals surface area contributed by atoms with Gasteiger partial charge >= 0.3 is 6.18 Å². The molecule has 0 radical (unpaired) electrons. The molecule has 2 N–H and O–H groups in total. The summed E-state index contributed by atoms with van der Waals surface area (Å²) in [5.41, 5.74) is 2.23. The number of hydrogen-bond acceptors (Lipinski definition) is 4. The van der Waals surface area contributed by atoms with E-state index < -0.39 is 17.6 Å². The SMILES string of the molecule is CCOCCCN1C(=O)c2ccccc2C1Nc1ccc(C(=O)NCc2cccc(C(F)(F)F)c2)cc1. The zero-order chi connectivity index (χ0) is 26.4. The molecule has 0 fully saturated rings. The number of anilines is 1. The highest BCUT2D eigenvalue weighted by Gasteiger charge is 2.36. The van der Waals surface area contributed by atoms with Crippen molar-refractivity contribution in [2.45, 2.75) is 32.2 Å². The van der Waals surface area contributed by atoms with E-state index in [2.05, 4.69) is 10.6 Å². The second-order valence-electron chi connectivity index (χ2n) is 8.64. The molecule has 4 rings (SSSR count). The van der Waals surface area contributed by atoms with Gasteiger partial charge in [0.15, 0.2) is 0 Å². The van der Waals surface area contributed by atoms with Gasteiger partial charge in [-0.25, -0.2) is 0 Å². The minimum Gasteiger partial charge on any atom is -0.382 e. The van der Waals surface area contributed by atoms with Crippen LogP contribution < -0.4 is 10.6 Å². The predicted molar refractivity (Wildman–Crippen MR) is 134 cm³/mol. The Morgan fingerprint density at radius 1 is 1.03 bits per heavy atom. The molecular weight excluding hydrogens is 483 g/mol.